The summed E-state index contributed by atoms with van der Waals surface area (Å²) in [7, 11) is 0. The zero-order chi connectivity index (χ0) is 18.5. The second-order valence-corrected chi connectivity index (χ2v) is 3.90. The molecule has 0 unspecified atom stereocenters. The molecule has 0 aliphatic carbocycles. The molecule has 0 spiro atoms. The van der Waals surface area contributed by atoms with E-state index in [0.29, 0.717) is 0 Å². The smallest absolute Gasteiger partial charge is 0.339 e. The fourth-order valence-corrected chi connectivity index (χ4v) is 1.26. The van der Waals surface area contributed by atoms with Gasteiger partial charge in [0.2, 0.25) is 0 Å². The molecule has 1 aromatic carbocycles. The van der Waals surface area contributed by atoms with E-state index in [0.717, 1.165) is 12.2 Å². The molecule has 0 radical (unpaired) electrons. The van der Waals surface area contributed by atoms with Crippen molar-refractivity contribution < 1.29 is 38.9 Å². The maximum atomic E-state index is 11.6. The highest BCUT2D eigenvalue weighted by molar-refractivity contribution is 6.02. The van der Waals surface area contributed by atoms with Crippen LogP contribution in [0.3, 0.4) is 0 Å². The molecular formula is C16H16O8. The number of rotatable bonds is 7. The van der Waals surface area contributed by atoms with Crippen molar-refractivity contribution in [2.45, 2.75) is 0 Å². The highest BCUT2D eigenvalue weighted by atomic mass is 16.6. The van der Waals surface area contributed by atoms with Crippen LogP contribution >= 0.6 is 0 Å². The highest BCUT2D eigenvalue weighted by Gasteiger charge is 2.16. The van der Waals surface area contributed by atoms with Crippen LogP contribution < -0.4 is 0 Å². The number of benzene rings is 1. The Hall–Kier alpha value is -3.42. The van der Waals surface area contributed by atoms with Gasteiger partial charge in [0.25, 0.3) is 0 Å². The van der Waals surface area contributed by atoms with E-state index >= 15 is 0 Å². The second-order valence-electron chi connectivity index (χ2n) is 3.90. The van der Waals surface area contributed by atoms with Gasteiger partial charge in [-0.2, -0.15) is 0 Å². The standard InChI is InChI=1S/C13H12O6.C3H4O2/c1-2-11(14)18-7-8-19-13(17)10-6-4-3-5-9(10)12(15)16;1-2-3(4)5/h2-6H,1,7-8H2,(H,15,16);2H,1H2,(H,4,5). The molecule has 0 saturated carbocycles. The molecule has 0 aliphatic heterocycles. The molecule has 0 aromatic heterocycles. The maximum Gasteiger partial charge on any atom is 0.339 e. The third-order valence-electron chi connectivity index (χ3n) is 2.28. The van der Waals surface area contributed by atoms with E-state index in [9.17, 15) is 19.2 Å². The lowest BCUT2D eigenvalue weighted by Gasteiger charge is -2.07. The molecule has 0 bridgehead atoms. The fraction of sp³-hybridized carbons (Fsp3) is 0.125. The Morgan fingerprint density at radius 2 is 1.42 bits per heavy atom. The minimum atomic E-state index is -1.22. The SMILES string of the molecule is C=CC(=O)O.C=CC(=O)OCCOC(=O)c1ccccc1C(=O)O. The number of aliphatic carboxylic acids is 1. The fourth-order valence-electron chi connectivity index (χ4n) is 1.26. The summed E-state index contributed by atoms with van der Waals surface area (Å²) in [6, 6.07) is 5.69. The molecule has 0 amide bonds. The predicted molar refractivity (Wildman–Crippen MR) is 82.7 cm³/mol. The van der Waals surface area contributed by atoms with E-state index in [4.69, 9.17) is 14.9 Å². The number of carbonyl (C=O) groups excluding carboxylic acids is 2. The van der Waals surface area contributed by atoms with Crippen molar-refractivity contribution in [2.24, 2.45) is 0 Å². The van der Waals surface area contributed by atoms with Gasteiger partial charge in [-0.1, -0.05) is 25.3 Å². The first kappa shape index (κ1) is 20.6. The molecule has 24 heavy (non-hydrogen) atoms. The summed E-state index contributed by atoms with van der Waals surface area (Å²) < 4.78 is 9.40. The van der Waals surface area contributed by atoms with Crippen molar-refractivity contribution in [3.63, 3.8) is 0 Å². The Kier molecular flexibility index (Phi) is 9.59. The Balaban J connectivity index is 0.000000922. The monoisotopic (exact) mass is 336 g/mol. The van der Waals surface area contributed by atoms with Gasteiger partial charge >= 0.3 is 23.9 Å². The molecule has 128 valence electrons. The number of carboxylic acid groups (broad SMARTS) is 2. The average Bonchev–Trinajstić information content (AvgIpc) is 2.58. The molecule has 8 nitrogen and oxygen atoms in total. The number of carboxylic acids is 2. The third-order valence-corrected chi connectivity index (χ3v) is 2.28. The molecule has 0 heterocycles. The summed E-state index contributed by atoms with van der Waals surface area (Å²) in [6.45, 7) is 5.89. The quantitative estimate of drug-likeness (QED) is 0.436. The van der Waals surface area contributed by atoms with E-state index in [2.05, 4.69) is 17.9 Å². The van der Waals surface area contributed by atoms with E-state index < -0.39 is 23.9 Å². The highest BCUT2D eigenvalue weighted by Crippen LogP contribution is 2.10. The van der Waals surface area contributed by atoms with Crippen LogP contribution in [0.1, 0.15) is 20.7 Å². The summed E-state index contributed by atoms with van der Waals surface area (Å²) in [6.07, 6.45) is 1.82. The zero-order valence-corrected chi connectivity index (χ0v) is 12.6. The third kappa shape index (κ3) is 8.13. The lowest BCUT2D eigenvalue weighted by atomic mass is 10.1. The molecule has 1 rings (SSSR count). The number of hydrogen-bond acceptors (Lipinski definition) is 6. The van der Waals surface area contributed by atoms with Gasteiger partial charge in [-0.3, -0.25) is 0 Å². The average molecular weight is 336 g/mol. The molecule has 2 N–H and O–H groups in total. The van der Waals surface area contributed by atoms with E-state index in [1.54, 1.807) is 0 Å². The van der Waals surface area contributed by atoms with Crippen LogP contribution in [0.2, 0.25) is 0 Å². The van der Waals surface area contributed by atoms with Gasteiger partial charge in [0.05, 0.1) is 11.1 Å². The largest absolute Gasteiger partial charge is 0.478 e. The second kappa shape index (κ2) is 11.2. The van der Waals surface area contributed by atoms with E-state index in [1.165, 1.54) is 24.3 Å². The van der Waals surface area contributed by atoms with Crippen molar-refractivity contribution in [1.29, 1.82) is 0 Å². The van der Waals surface area contributed by atoms with Gasteiger partial charge in [-0.15, -0.1) is 0 Å². The molecular weight excluding hydrogens is 320 g/mol. The molecule has 0 fully saturated rings. The van der Waals surface area contributed by atoms with Crippen LogP contribution in [-0.4, -0.2) is 47.3 Å². The van der Waals surface area contributed by atoms with Crippen LogP contribution in [-0.2, 0) is 19.1 Å². The minimum absolute atomic E-state index is 0.0509. The Morgan fingerprint density at radius 3 is 1.88 bits per heavy atom. The van der Waals surface area contributed by atoms with E-state index in [-0.39, 0.29) is 24.3 Å². The zero-order valence-electron chi connectivity index (χ0n) is 12.6. The number of aromatic carboxylic acids is 1. The topological polar surface area (TPSA) is 127 Å². The van der Waals surface area contributed by atoms with Crippen LogP contribution in [0.25, 0.3) is 0 Å². The lowest BCUT2D eigenvalue weighted by Crippen LogP contribution is -2.15. The van der Waals surface area contributed by atoms with Gasteiger partial charge < -0.3 is 19.7 Å². The minimum Gasteiger partial charge on any atom is -0.478 e. The summed E-state index contributed by atoms with van der Waals surface area (Å²) in [5.41, 5.74) is -0.194. The van der Waals surface area contributed by atoms with Crippen molar-refractivity contribution in [2.75, 3.05) is 13.2 Å². The molecule has 0 atom stereocenters. The van der Waals surface area contributed by atoms with Crippen LogP contribution in [0.15, 0.2) is 49.6 Å². The number of ether oxygens (including phenoxy) is 2. The summed E-state index contributed by atoms with van der Waals surface area (Å²) >= 11 is 0. The number of hydrogen-bond donors (Lipinski definition) is 2. The van der Waals surface area contributed by atoms with Crippen molar-refractivity contribution in [1.82, 2.24) is 0 Å². The Morgan fingerprint density at radius 1 is 0.917 bits per heavy atom. The summed E-state index contributed by atoms with van der Waals surface area (Å²) in [5, 5.41) is 16.5. The Labute approximate surface area is 137 Å². The molecule has 0 saturated heterocycles. The van der Waals surface area contributed by atoms with Crippen LogP contribution in [0.5, 0.6) is 0 Å². The lowest BCUT2D eigenvalue weighted by molar-refractivity contribution is -0.138. The number of esters is 2. The maximum absolute atomic E-state index is 11.6. The molecule has 8 heteroatoms. The van der Waals surface area contributed by atoms with Crippen molar-refractivity contribution >= 4 is 23.9 Å². The van der Waals surface area contributed by atoms with Gasteiger partial charge in [0, 0.05) is 12.2 Å². The van der Waals surface area contributed by atoms with Crippen molar-refractivity contribution in [3.8, 4) is 0 Å². The van der Waals surface area contributed by atoms with Crippen LogP contribution in [0.4, 0.5) is 0 Å². The van der Waals surface area contributed by atoms with Gasteiger partial charge in [-0.25, -0.2) is 19.2 Å². The van der Waals surface area contributed by atoms with Gasteiger partial charge in [0.15, 0.2) is 0 Å². The normalized spacial score (nSPS) is 8.83. The first-order valence-electron chi connectivity index (χ1n) is 6.47. The predicted octanol–water partition coefficient (Wildman–Crippen LogP) is 1.53. The van der Waals surface area contributed by atoms with E-state index in [1.807, 2.05) is 0 Å². The van der Waals surface area contributed by atoms with Gasteiger partial charge in [-0.05, 0) is 12.1 Å². The molecule has 1 aromatic rings. The molecule has 0 aliphatic rings. The first-order chi connectivity index (χ1) is 11.3. The van der Waals surface area contributed by atoms with Crippen molar-refractivity contribution in [3.05, 3.63) is 60.7 Å². The number of carbonyl (C=O) groups is 4. The first-order valence-corrected chi connectivity index (χ1v) is 6.47. The summed E-state index contributed by atoms with van der Waals surface area (Å²) in [4.78, 5) is 42.5. The van der Waals surface area contributed by atoms with Crippen LogP contribution in [0, 0.1) is 0 Å². The van der Waals surface area contributed by atoms with Gasteiger partial charge in [0.1, 0.15) is 13.2 Å². The Bertz CT molecular complexity index is 633. The summed E-state index contributed by atoms with van der Waals surface area (Å²) in [5.74, 6) is -3.61.